The van der Waals surface area contributed by atoms with E-state index >= 15 is 0 Å². The Balaban J connectivity index is 1.96. The van der Waals surface area contributed by atoms with Crippen molar-refractivity contribution in [1.29, 1.82) is 0 Å². The largest absolute Gasteiger partial charge is 0.481 e. The SMILES string of the molecule is O=C(O)[C@H]1CCCC[C@H]1NCc1ccccc1Cl. The number of aliphatic carboxylic acids is 1. The molecule has 0 radical (unpaired) electrons. The van der Waals surface area contributed by atoms with Crippen molar-refractivity contribution in [3.05, 3.63) is 34.9 Å². The van der Waals surface area contributed by atoms with E-state index in [-0.39, 0.29) is 12.0 Å². The van der Waals surface area contributed by atoms with Gasteiger partial charge in [0.15, 0.2) is 0 Å². The Labute approximate surface area is 112 Å². The first-order valence-electron chi connectivity index (χ1n) is 6.38. The zero-order chi connectivity index (χ0) is 13.0. The van der Waals surface area contributed by atoms with Crippen LogP contribution < -0.4 is 5.32 Å². The Kier molecular flexibility index (Phi) is 4.61. The number of hydrogen-bond donors (Lipinski definition) is 2. The third-order valence-electron chi connectivity index (χ3n) is 3.60. The molecule has 3 nitrogen and oxygen atoms in total. The second kappa shape index (κ2) is 6.21. The highest BCUT2D eigenvalue weighted by molar-refractivity contribution is 6.31. The molecule has 0 heterocycles. The van der Waals surface area contributed by atoms with Gasteiger partial charge in [-0.3, -0.25) is 4.79 Å². The number of carboxylic acids is 1. The van der Waals surface area contributed by atoms with Gasteiger partial charge in [0, 0.05) is 17.6 Å². The molecule has 2 rings (SSSR count). The fourth-order valence-electron chi connectivity index (χ4n) is 2.55. The second-order valence-corrected chi connectivity index (χ2v) is 5.22. The van der Waals surface area contributed by atoms with Gasteiger partial charge in [-0.1, -0.05) is 42.6 Å². The number of nitrogens with one attached hydrogen (secondary N) is 1. The van der Waals surface area contributed by atoms with Crippen molar-refractivity contribution in [3.63, 3.8) is 0 Å². The Hall–Kier alpha value is -1.06. The predicted octanol–water partition coefficient (Wildman–Crippen LogP) is 3.07. The van der Waals surface area contributed by atoms with E-state index in [1.54, 1.807) is 0 Å². The molecule has 0 aliphatic heterocycles. The number of rotatable bonds is 4. The molecule has 0 saturated heterocycles. The summed E-state index contributed by atoms with van der Waals surface area (Å²) in [5.41, 5.74) is 1.02. The van der Waals surface area contributed by atoms with Gasteiger partial charge in [0.25, 0.3) is 0 Å². The first-order chi connectivity index (χ1) is 8.68. The van der Waals surface area contributed by atoms with Crippen LogP contribution in [0, 0.1) is 5.92 Å². The van der Waals surface area contributed by atoms with Crippen molar-refractivity contribution in [3.8, 4) is 0 Å². The molecule has 0 unspecified atom stereocenters. The Morgan fingerprint density at radius 3 is 2.78 bits per heavy atom. The summed E-state index contributed by atoms with van der Waals surface area (Å²) < 4.78 is 0. The van der Waals surface area contributed by atoms with Gasteiger partial charge < -0.3 is 10.4 Å². The average molecular weight is 268 g/mol. The van der Waals surface area contributed by atoms with Crippen LogP contribution >= 0.6 is 11.6 Å². The van der Waals surface area contributed by atoms with Gasteiger partial charge in [0.2, 0.25) is 0 Å². The summed E-state index contributed by atoms with van der Waals surface area (Å²) in [6.07, 6.45) is 3.82. The van der Waals surface area contributed by atoms with Crippen LogP contribution in [0.3, 0.4) is 0 Å². The lowest BCUT2D eigenvalue weighted by Gasteiger charge is -2.29. The van der Waals surface area contributed by atoms with E-state index < -0.39 is 5.97 Å². The molecule has 2 N–H and O–H groups in total. The molecule has 0 amide bonds. The molecule has 98 valence electrons. The summed E-state index contributed by atoms with van der Waals surface area (Å²) in [4.78, 5) is 11.2. The minimum Gasteiger partial charge on any atom is -0.481 e. The third-order valence-corrected chi connectivity index (χ3v) is 3.96. The fraction of sp³-hybridized carbons (Fsp3) is 0.500. The standard InChI is InChI=1S/C14H18ClNO2/c15-12-7-3-1-5-10(12)9-16-13-8-4-2-6-11(13)14(17)18/h1,3,5,7,11,13,16H,2,4,6,8-9H2,(H,17,18)/t11-,13+/m0/s1. The minimum atomic E-state index is -0.689. The van der Waals surface area contributed by atoms with Gasteiger partial charge in [-0.25, -0.2) is 0 Å². The van der Waals surface area contributed by atoms with Crippen LogP contribution in [0.1, 0.15) is 31.2 Å². The molecule has 2 atom stereocenters. The average Bonchev–Trinajstić information content (AvgIpc) is 2.38. The molecule has 1 fully saturated rings. The van der Waals surface area contributed by atoms with E-state index in [0.29, 0.717) is 6.54 Å². The molecule has 4 heteroatoms. The number of hydrogen-bond acceptors (Lipinski definition) is 2. The predicted molar refractivity (Wildman–Crippen MR) is 71.7 cm³/mol. The van der Waals surface area contributed by atoms with Gasteiger partial charge in [-0.05, 0) is 24.5 Å². The van der Waals surface area contributed by atoms with E-state index in [1.165, 1.54) is 0 Å². The van der Waals surface area contributed by atoms with Crippen LogP contribution in [-0.2, 0) is 11.3 Å². The van der Waals surface area contributed by atoms with Gasteiger partial charge in [0.1, 0.15) is 0 Å². The van der Waals surface area contributed by atoms with Crippen molar-refractivity contribution in [1.82, 2.24) is 5.32 Å². The molecule has 1 saturated carbocycles. The summed E-state index contributed by atoms with van der Waals surface area (Å²) in [5.74, 6) is -0.951. The number of benzene rings is 1. The minimum absolute atomic E-state index is 0.0625. The van der Waals surface area contributed by atoms with Crippen molar-refractivity contribution >= 4 is 17.6 Å². The van der Waals surface area contributed by atoms with Crippen LogP contribution in [0.4, 0.5) is 0 Å². The molecule has 1 aliphatic carbocycles. The highest BCUT2D eigenvalue weighted by Gasteiger charge is 2.30. The molecule has 1 aromatic carbocycles. The summed E-state index contributed by atoms with van der Waals surface area (Å²) in [5, 5.41) is 13.3. The maximum atomic E-state index is 11.2. The molecule has 0 bridgehead atoms. The van der Waals surface area contributed by atoms with Crippen LogP contribution in [0.5, 0.6) is 0 Å². The lowest BCUT2D eigenvalue weighted by molar-refractivity contribution is -0.143. The summed E-state index contributed by atoms with van der Waals surface area (Å²) in [6, 6.07) is 7.72. The molecular weight excluding hydrogens is 250 g/mol. The normalized spacial score (nSPS) is 23.8. The lowest BCUT2D eigenvalue weighted by Crippen LogP contribution is -2.41. The molecule has 0 aromatic heterocycles. The first-order valence-corrected chi connectivity index (χ1v) is 6.76. The van der Waals surface area contributed by atoms with E-state index in [1.807, 2.05) is 24.3 Å². The zero-order valence-electron chi connectivity index (χ0n) is 10.2. The third kappa shape index (κ3) is 3.24. The van der Waals surface area contributed by atoms with Crippen molar-refractivity contribution in [2.45, 2.75) is 38.3 Å². The van der Waals surface area contributed by atoms with Gasteiger partial charge in [-0.15, -0.1) is 0 Å². The van der Waals surface area contributed by atoms with E-state index in [4.69, 9.17) is 11.6 Å². The van der Waals surface area contributed by atoms with E-state index in [0.717, 1.165) is 36.3 Å². The molecule has 1 aromatic rings. The number of halogens is 1. The summed E-state index contributed by atoms with van der Waals surface area (Å²) >= 11 is 6.08. The molecular formula is C14H18ClNO2. The van der Waals surface area contributed by atoms with Gasteiger partial charge in [-0.2, -0.15) is 0 Å². The monoisotopic (exact) mass is 267 g/mol. The molecule has 0 spiro atoms. The maximum Gasteiger partial charge on any atom is 0.308 e. The second-order valence-electron chi connectivity index (χ2n) is 4.81. The number of carboxylic acid groups (broad SMARTS) is 1. The quantitative estimate of drug-likeness (QED) is 0.881. The van der Waals surface area contributed by atoms with Crippen LogP contribution in [0.15, 0.2) is 24.3 Å². The van der Waals surface area contributed by atoms with Crippen LogP contribution in [0.25, 0.3) is 0 Å². The highest BCUT2D eigenvalue weighted by Crippen LogP contribution is 2.25. The Morgan fingerprint density at radius 1 is 1.33 bits per heavy atom. The van der Waals surface area contributed by atoms with Gasteiger partial charge >= 0.3 is 5.97 Å². The maximum absolute atomic E-state index is 11.2. The van der Waals surface area contributed by atoms with Crippen molar-refractivity contribution in [2.24, 2.45) is 5.92 Å². The molecule has 18 heavy (non-hydrogen) atoms. The lowest BCUT2D eigenvalue weighted by atomic mass is 9.84. The van der Waals surface area contributed by atoms with E-state index in [2.05, 4.69) is 5.32 Å². The smallest absolute Gasteiger partial charge is 0.308 e. The zero-order valence-corrected chi connectivity index (χ0v) is 11.0. The molecule has 1 aliphatic rings. The highest BCUT2D eigenvalue weighted by atomic mass is 35.5. The van der Waals surface area contributed by atoms with E-state index in [9.17, 15) is 9.90 Å². The van der Waals surface area contributed by atoms with Crippen molar-refractivity contribution < 1.29 is 9.90 Å². The van der Waals surface area contributed by atoms with Crippen LogP contribution in [0.2, 0.25) is 5.02 Å². The Morgan fingerprint density at radius 2 is 2.06 bits per heavy atom. The van der Waals surface area contributed by atoms with Crippen molar-refractivity contribution in [2.75, 3.05) is 0 Å². The Bertz CT molecular complexity index is 422. The summed E-state index contributed by atoms with van der Waals surface area (Å²) in [6.45, 7) is 0.633. The first kappa shape index (κ1) is 13.4. The summed E-state index contributed by atoms with van der Waals surface area (Å²) in [7, 11) is 0. The number of carbonyl (C=O) groups is 1. The van der Waals surface area contributed by atoms with Gasteiger partial charge in [0.05, 0.1) is 5.92 Å². The fourth-order valence-corrected chi connectivity index (χ4v) is 2.76. The topological polar surface area (TPSA) is 49.3 Å². The van der Waals surface area contributed by atoms with Crippen LogP contribution in [-0.4, -0.2) is 17.1 Å².